The quantitative estimate of drug-likeness (QED) is 0.734. The molecule has 100 valence electrons. The van der Waals surface area contributed by atoms with Crippen LogP contribution in [0.4, 0.5) is 0 Å². The average Bonchev–Trinajstić information content (AvgIpc) is 2.80. The lowest BCUT2D eigenvalue weighted by atomic mass is 9.90. The molecular formula is C15H24N2S. The van der Waals surface area contributed by atoms with E-state index in [1.165, 1.54) is 4.88 Å². The maximum Gasteiger partial charge on any atom is 0.0683 e. The zero-order chi connectivity index (χ0) is 13.6. The lowest BCUT2D eigenvalue weighted by Crippen LogP contribution is -2.31. The molecular weight excluding hydrogens is 240 g/mol. The molecule has 0 amide bonds. The Kier molecular flexibility index (Phi) is 5.84. The summed E-state index contributed by atoms with van der Waals surface area (Å²) in [5, 5.41) is 11.1. The number of hydrogen-bond acceptors (Lipinski definition) is 3. The number of rotatable bonds is 7. The molecule has 1 aromatic rings. The van der Waals surface area contributed by atoms with Crippen LogP contribution in [0.15, 0.2) is 17.5 Å². The Morgan fingerprint density at radius 3 is 2.67 bits per heavy atom. The molecule has 0 aliphatic rings. The Bertz CT molecular complexity index is 374. The van der Waals surface area contributed by atoms with Crippen LogP contribution in [0.25, 0.3) is 0 Å². The molecule has 0 N–H and O–H groups in total. The molecule has 0 atom stereocenters. The van der Waals surface area contributed by atoms with Gasteiger partial charge in [-0.1, -0.05) is 6.07 Å². The van der Waals surface area contributed by atoms with Gasteiger partial charge in [0.05, 0.1) is 11.5 Å². The highest BCUT2D eigenvalue weighted by molar-refractivity contribution is 7.09. The predicted octanol–water partition coefficient (Wildman–Crippen LogP) is 4.29. The molecule has 1 rings (SSSR count). The highest BCUT2D eigenvalue weighted by atomic mass is 32.1. The molecule has 0 fully saturated rings. The van der Waals surface area contributed by atoms with Crippen LogP contribution in [0, 0.1) is 16.7 Å². The van der Waals surface area contributed by atoms with Crippen LogP contribution in [0.3, 0.4) is 0 Å². The number of thiophene rings is 1. The van der Waals surface area contributed by atoms with Crippen LogP contribution in [0.2, 0.25) is 0 Å². The number of hydrogen-bond donors (Lipinski definition) is 0. The summed E-state index contributed by atoms with van der Waals surface area (Å²) in [6, 6.07) is 7.23. The minimum absolute atomic E-state index is 0.189. The summed E-state index contributed by atoms with van der Waals surface area (Å²) in [5.74, 6) is 0. The van der Waals surface area contributed by atoms with E-state index in [1.807, 2.05) is 25.2 Å². The third kappa shape index (κ3) is 5.20. The first-order valence-corrected chi connectivity index (χ1v) is 7.50. The van der Waals surface area contributed by atoms with Gasteiger partial charge in [0.15, 0.2) is 0 Å². The summed E-state index contributed by atoms with van der Waals surface area (Å²) in [6.07, 6.45) is 2.06. The van der Waals surface area contributed by atoms with Gasteiger partial charge in [0, 0.05) is 17.5 Å². The topological polar surface area (TPSA) is 27.0 Å². The monoisotopic (exact) mass is 264 g/mol. The van der Waals surface area contributed by atoms with Gasteiger partial charge in [0.1, 0.15) is 0 Å². The predicted molar refractivity (Wildman–Crippen MR) is 78.5 cm³/mol. The SMILES string of the molecule is CC(C)N(CCCC(C)(C)C#N)Cc1cccs1. The molecule has 0 aliphatic carbocycles. The van der Waals surface area contributed by atoms with Crippen LogP contribution in [0.5, 0.6) is 0 Å². The zero-order valence-electron chi connectivity index (χ0n) is 11.9. The number of nitriles is 1. The van der Waals surface area contributed by atoms with Crippen LogP contribution in [-0.4, -0.2) is 17.5 Å². The molecule has 0 spiro atoms. The molecule has 0 aliphatic heterocycles. The maximum absolute atomic E-state index is 9.01. The van der Waals surface area contributed by atoms with E-state index in [0.717, 1.165) is 25.9 Å². The highest BCUT2D eigenvalue weighted by Crippen LogP contribution is 2.22. The lowest BCUT2D eigenvalue weighted by Gasteiger charge is -2.27. The van der Waals surface area contributed by atoms with Gasteiger partial charge < -0.3 is 0 Å². The van der Waals surface area contributed by atoms with E-state index in [4.69, 9.17) is 5.26 Å². The summed E-state index contributed by atoms with van der Waals surface area (Å²) in [5.41, 5.74) is -0.189. The molecule has 0 unspecified atom stereocenters. The van der Waals surface area contributed by atoms with Crippen molar-refractivity contribution in [3.05, 3.63) is 22.4 Å². The second-order valence-corrected chi connectivity index (χ2v) is 6.78. The van der Waals surface area contributed by atoms with E-state index in [9.17, 15) is 0 Å². The molecule has 0 saturated carbocycles. The van der Waals surface area contributed by atoms with Crippen molar-refractivity contribution in [2.75, 3.05) is 6.54 Å². The fourth-order valence-electron chi connectivity index (χ4n) is 1.90. The largest absolute Gasteiger partial charge is 0.296 e. The first-order chi connectivity index (χ1) is 8.44. The maximum atomic E-state index is 9.01. The van der Waals surface area contributed by atoms with Crippen LogP contribution in [-0.2, 0) is 6.54 Å². The molecule has 0 radical (unpaired) electrons. The van der Waals surface area contributed by atoms with Crippen molar-refractivity contribution in [2.24, 2.45) is 5.41 Å². The van der Waals surface area contributed by atoms with Crippen molar-refractivity contribution < 1.29 is 0 Å². The Morgan fingerprint density at radius 2 is 2.17 bits per heavy atom. The zero-order valence-corrected chi connectivity index (χ0v) is 12.8. The summed E-state index contributed by atoms with van der Waals surface area (Å²) in [7, 11) is 0. The standard InChI is InChI=1S/C15H24N2S/c1-13(2)17(11-14-7-5-10-18-14)9-6-8-15(3,4)12-16/h5,7,10,13H,6,8-9,11H2,1-4H3. The van der Waals surface area contributed by atoms with E-state index >= 15 is 0 Å². The third-order valence-corrected chi connectivity index (χ3v) is 4.08. The normalized spacial score (nSPS) is 12.1. The molecule has 1 heterocycles. The van der Waals surface area contributed by atoms with Crippen molar-refractivity contribution in [1.29, 1.82) is 5.26 Å². The molecule has 0 aromatic carbocycles. The van der Waals surface area contributed by atoms with Gasteiger partial charge in [0.25, 0.3) is 0 Å². The van der Waals surface area contributed by atoms with E-state index in [1.54, 1.807) is 0 Å². The molecule has 0 bridgehead atoms. The van der Waals surface area contributed by atoms with E-state index in [-0.39, 0.29) is 5.41 Å². The van der Waals surface area contributed by atoms with Crippen LogP contribution >= 0.6 is 11.3 Å². The van der Waals surface area contributed by atoms with Crippen molar-refractivity contribution in [1.82, 2.24) is 4.90 Å². The Morgan fingerprint density at radius 1 is 1.44 bits per heavy atom. The summed E-state index contributed by atoms with van der Waals surface area (Å²) >= 11 is 1.82. The fraction of sp³-hybridized carbons (Fsp3) is 0.667. The lowest BCUT2D eigenvalue weighted by molar-refractivity contribution is 0.203. The number of nitrogens with zero attached hydrogens (tertiary/aromatic N) is 2. The molecule has 3 heteroatoms. The van der Waals surface area contributed by atoms with Crippen molar-refractivity contribution in [2.45, 2.75) is 53.1 Å². The van der Waals surface area contributed by atoms with Crippen molar-refractivity contribution >= 4 is 11.3 Å². The smallest absolute Gasteiger partial charge is 0.0683 e. The Labute approximate surface area is 115 Å². The Hall–Kier alpha value is -0.850. The van der Waals surface area contributed by atoms with E-state index in [2.05, 4.69) is 42.3 Å². The minimum atomic E-state index is -0.189. The minimum Gasteiger partial charge on any atom is -0.296 e. The van der Waals surface area contributed by atoms with Crippen LogP contribution < -0.4 is 0 Å². The van der Waals surface area contributed by atoms with Crippen molar-refractivity contribution in [3.8, 4) is 6.07 Å². The molecule has 1 aromatic heterocycles. The summed E-state index contributed by atoms with van der Waals surface area (Å²) < 4.78 is 0. The Balaban J connectivity index is 2.42. The highest BCUT2D eigenvalue weighted by Gasteiger charge is 2.17. The second kappa shape index (κ2) is 6.92. The average molecular weight is 264 g/mol. The summed E-state index contributed by atoms with van der Waals surface area (Å²) in [4.78, 5) is 3.91. The molecule has 2 nitrogen and oxygen atoms in total. The van der Waals surface area contributed by atoms with Gasteiger partial charge >= 0.3 is 0 Å². The van der Waals surface area contributed by atoms with Gasteiger partial charge in [-0.2, -0.15) is 5.26 Å². The molecule has 0 saturated heterocycles. The first kappa shape index (κ1) is 15.2. The van der Waals surface area contributed by atoms with Gasteiger partial charge in [-0.15, -0.1) is 11.3 Å². The van der Waals surface area contributed by atoms with E-state index in [0.29, 0.717) is 6.04 Å². The first-order valence-electron chi connectivity index (χ1n) is 6.62. The van der Waals surface area contributed by atoms with E-state index < -0.39 is 0 Å². The van der Waals surface area contributed by atoms with Gasteiger partial charge in [-0.05, 0) is 58.5 Å². The van der Waals surface area contributed by atoms with Gasteiger partial charge in [-0.3, -0.25) is 4.90 Å². The summed E-state index contributed by atoms with van der Waals surface area (Å²) in [6.45, 7) is 10.6. The second-order valence-electron chi connectivity index (χ2n) is 5.74. The van der Waals surface area contributed by atoms with Gasteiger partial charge in [-0.25, -0.2) is 0 Å². The van der Waals surface area contributed by atoms with Gasteiger partial charge in [0.2, 0.25) is 0 Å². The fourth-order valence-corrected chi connectivity index (χ4v) is 2.63. The van der Waals surface area contributed by atoms with Crippen molar-refractivity contribution in [3.63, 3.8) is 0 Å². The van der Waals surface area contributed by atoms with Crippen LogP contribution in [0.1, 0.15) is 45.4 Å². The molecule has 18 heavy (non-hydrogen) atoms. The third-order valence-electron chi connectivity index (χ3n) is 3.22.